The Labute approximate surface area is 102 Å². The quantitative estimate of drug-likeness (QED) is 0.774. The molecule has 0 spiro atoms. The first kappa shape index (κ1) is 12.1. The molecule has 94 valence electrons. The molecule has 0 saturated heterocycles. The maximum Gasteiger partial charge on any atom is 0.230 e. The van der Waals surface area contributed by atoms with Crippen molar-refractivity contribution in [3.8, 4) is 0 Å². The normalized spacial score (nSPS) is 16.7. The summed E-state index contributed by atoms with van der Waals surface area (Å²) < 4.78 is 0. The Morgan fingerprint density at radius 2 is 2.18 bits per heavy atom. The summed E-state index contributed by atoms with van der Waals surface area (Å²) in [6, 6.07) is 0. The summed E-state index contributed by atoms with van der Waals surface area (Å²) in [4.78, 5) is 14.1. The van der Waals surface area contributed by atoms with Crippen LogP contribution in [0.15, 0.2) is 0 Å². The van der Waals surface area contributed by atoms with E-state index in [4.69, 9.17) is 0 Å². The molecule has 0 saturated carbocycles. The lowest BCUT2D eigenvalue weighted by atomic mass is 9.95. The van der Waals surface area contributed by atoms with Gasteiger partial charge in [0.25, 0.3) is 0 Å². The van der Waals surface area contributed by atoms with Crippen molar-refractivity contribution in [2.45, 2.75) is 33.7 Å². The molecule has 2 rings (SSSR count). The number of fused-ring (bicyclic) bond motifs is 1. The van der Waals surface area contributed by atoms with Gasteiger partial charge >= 0.3 is 0 Å². The largest absolute Gasteiger partial charge is 0.309 e. The van der Waals surface area contributed by atoms with E-state index < -0.39 is 5.41 Å². The zero-order valence-electron chi connectivity index (χ0n) is 10.9. The first-order chi connectivity index (χ1) is 7.88. The van der Waals surface area contributed by atoms with E-state index in [-0.39, 0.29) is 5.91 Å². The number of carbonyl (C=O) groups is 1. The Bertz CT molecular complexity index is 430. The molecule has 1 aromatic rings. The molecule has 2 N–H and O–H groups in total. The van der Waals surface area contributed by atoms with E-state index in [2.05, 4.69) is 27.5 Å². The fourth-order valence-corrected chi connectivity index (χ4v) is 1.85. The van der Waals surface area contributed by atoms with Gasteiger partial charge in [-0.1, -0.05) is 20.8 Å². The molecule has 5 nitrogen and oxygen atoms in total. The number of nitrogens with one attached hydrogen (secondary N) is 2. The van der Waals surface area contributed by atoms with Crippen LogP contribution in [0.3, 0.4) is 0 Å². The molecule has 2 heterocycles. The van der Waals surface area contributed by atoms with Gasteiger partial charge in [0.2, 0.25) is 5.91 Å². The molecule has 17 heavy (non-hydrogen) atoms. The summed E-state index contributed by atoms with van der Waals surface area (Å²) in [6.07, 6.45) is 0.933. The third-order valence-electron chi connectivity index (χ3n) is 3.04. The lowest BCUT2D eigenvalue weighted by molar-refractivity contribution is -0.123. The lowest BCUT2D eigenvalue weighted by Crippen LogP contribution is -2.29. The summed E-state index contributed by atoms with van der Waals surface area (Å²) in [5.74, 6) is 0.707. The number of likely N-dealkylation sites (N-methyl/N-ethyl adjacent to an activating group) is 1. The minimum Gasteiger partial charge on any atom is -0.309 e. The maximum absolute atomic E-state index is 11.9. The molecule has 0 unspecified atom stereocenters. The van der Waals surface area contributed by atoms with Crippen LogP contribution in [0, 0.1) is 5.41 Å². The summed E-state index contributed by atoms with van der Waals surface area (Å²) in [5.41, 5.74) is 1.88. The Morgan fingerprint density at radius 3 is 2.82 bits per heavy atom. The van der Waals surface area contributed by atoms with Gasteiger partial charge in [-0.15, -0.1) is 0 Å². The third-order valence-corrected chi connectivity index (χ3v) is 3.04. The van der Waals surface area contributed by atoms with Crippen LogP contribution in [0.4, 0.5) is 5.82 Å². The molecule has 0 bridgehead atoms. The smallest absolute Gasteiger partial charge is 0.230 e. The molecule has 1 aromatic heterocycles. The van der Waals surface area contributed by atoms with Crippen LogP contribution in [-0.2, 0) is 17.8 Å². The van der Waals surface area contributed by atoms with Crippen molar-refractivity contribution >= 4 is 11.7 Å². The number of H-pyrrole nitrogens is 1. The van der Waals surface area contributed by atoms with Crippen molar-refractivity contribution < 1.29 is 4.79 Å². The zero-order chi connectivity index (χ0) is 12.6. The number of aromatic amines is 1. The third kappa shape index (κ3) is 2.49. The van der Waals surface area contributed by atoms with E-state index >= 15 is 0 Å². The Hall–Kier alpha value is -1.36. The topological polar surface area (TPSA) is 61.0 Å². The number of aromatic nitrogens is 2. The first-order valence-electron chi connectivity index (χ1n) is 5.94. The number of carbonyl (C=O) groups excluding carboxylic acids is 1. The second-order valence-corrected chi connectivity index (χ2v) is 5.72. The minimum atomic E-state index is -0.392. The molecular weight excluding hydrogens is 216 g/mol. The van der Waals surface area contributed by atoms with Crippen molar-refractivity contribution in [3.63, 3.8) is 0 Å². The SMILES string of the molecule is CN1CCc2c(NC(=O)C(C)(C)C)n[nH]c2C1. The van der Waals surface area contributed by atoms with Crippen LogP contribution in [0.5, 0.6) is 0 Å². The molecule has 5 heteroatoms. The molecule has 0 fully saturated rings. The number of nitrogens with zero attached hydrogens (tertiary/aromatic N) is 2. The van der Waals surface area contributed by atoms with E-state index in [0.717, 1.165) is 30.8 Å². The van der Waals surface area contributed by atoms with Gasteiger partial charge < -0.3 is 10.2 Å². The van der Waals surface area contributed by atoms with Gasteiger partial charge in [0.15, 0.2) is 5.82 Å². The average molecular weight is 236 g/mol. The van der Waals surface area contributed by atoms with Crippen LogP contribution in [0.1, 0.15) is 32.0 Å². The second kappa shape index (κ2) is 4.14. The minimum absolute atomic E-state index is 0.00530. The zero-order valence-corrected chi connectivity index (χ0v) is 10.9. The second-order valence-electron chi connectivity index (χ2n) is 5.72. The maximum atomic E-state index is 11.9. The molecule has 1 aliphatic heterocycles. The number of amides is 1. The molecule has 0 radical (unpaired) electrons. The van der Waals surface area contributed by atoms with Crippen molar-refractivity contribution in [2.24, 2.45) is 5.41 Å². The summed E-state index contributed by atoms with van der Waals surface area (Å²) in [5, 5.41) is 10.1. The number of hydrogen-bond donors (Lipinski definition) is 2. The molecule has 1 amide bonds. The molecule has 0 atom stereocenters. The number of anilines is 1. The Kier molecular flexibility index (Phi) is 2.95. The Balaban J connectivity index is 2.16. The van der Waals surface area contributed by atoms with E-state index in [0.29, 0.717) is 5.82 Å². The highest BCUT2D eigenvalue weighted by molar-refractivity contribution is 5.94. The van der Waals surface area contributed by atoms with Gasteiger partial charge in [0.1, 0.15) is 0 Å². The van der Waals surface area contributed by atoms with Gasteiger partial charge in [-0.25, -0.2) is 0 Å². The highest BCUT2D eigenvalue weighted by Gasteiger charge is 2.25. The van der Waals surface area contributed by atoms with Crippen LogP contribution >= 0.6 is 0 Å². The van der Waals surface area contributed by atoms with E-state index in [1.54, 1.807) is 0 Å². The standard InChI is InChI=1S/C12H20N4O/c1-12(2,3)11(17)13-10-8-5-6-16(4)7-9(8)14-15-10/h5-7H2,1-4H3,(H2,13,14,15,17). The Morgan fingerprint density at radius 1 is 1.47 bits per heavy atom. The molecular formula is C12H20N4O. The highest BCUT2D eigenvalue weighted by atomic mass is 16.2. The number of rotatable bonds is 1. The monoisotopic (exact) mass is 236 g/mol. The summed E-state index contributed by atoms with van der Waals surface area (Å²) >= 11 is 0. The van der Waals surface area contributed by atoms with E-state index in [9.17, 15) is 4.79 Å². The van der Waals surface area contributed by atoms with Gasteiger partial charge in [0.05, 0.1) is 5.69 Å². The lowest BCUT2D eigenvalue weighted by Gasteiger charge is -2.22. The van der Waals surface area contributed by atoms with Crippen molar-refractivity contribution in [2.75, 3.05) is 18.9 Å². The van der Waals surface area contributed by atoms with Gasteiger partial charge in [-0.3, -0.25) is 9.89 Å². The van der Waals surface area contributed by atoms with E-state index in [1.165, 1.54) is 0 Å². The van der Waals surface area contributed by atoms with Gasteiger partial charge in [0, 0.05) is 24.1 Å². The highest BCUT2D eigenvalue weighted by Crippen LogP contribution is 2.24. The fourth-order valence-electron chi connectivity index (χ4n) is 1.85. The van der Waals surface area contributed by atoms with Crippen molar-refractivity contribution in [1.29, 1.82) is 0 Å². The van der Waals surface area contributed by atoms with Crippen LogP contribution in [-0.4, -0.2) is 34.6 Å². The van der Waals surface area contributed by atoms with Gasteiger partial charge in [-0.2, -0.15) is 5.10 Å². The molecule has 0 aromatic carbocycles. The number of hydrogen-bond acceptors (Lipinski definition) is 3. The summed E-state index contributed by atoms with van der Waals surface area (Å²) in [7, 11) is 2.08. The van der Waals surface area contributed by atoms with Gasteiger partial charge in [-0.05, 0) is 13.5 Å². The summed E-state index contributed by atoms with van der Waals surface area (Å²) in [6.45, 7) is 7.57. The fraction of sp³-hybridized carbons (Fsp3) is 0.667. The van der Waals surface area contributed by atoms with Crippen LogP contribution in [0.2, 0.25) is 0 Å². The van der Waals surface area contributed by atoms with E-state index in [1.807, 2.05) is 20.8 Å². The predicted octanol–water partition coefficient (Wildman–Crippen LogP) is 1.38. The van der Waals surface area contributed by atoms with Crippen molar-refractivity contribution in [1.82, 2.24) is 15.1 Å². The average Bonchev–Trinajstić information content (AvgIpc) is 2.59. The van der Waals surface area contributed by atoms with Crippen LogP contribution < -0.4 is 5.32 Å². The predicted molar refractivity (Wildman–Crippen MR) is 66.7 cm³/mol. The molecule has 1 aliphatic rings. The molecule has 0 aliphatic carbocycles. The first-order valence-corrected chi connectivity index (χ1v) is 5.94. The van der Waals surface area contributed by atoms with Crippen molar-refractivity contribution in [3.05, 3.63) is 11.3 Å². The van der Waals surface area contributed by atoms with Crippen LogP contribution in [0.25, 0.3) is 0 Å².